The Hall–Kier alpha value is -2.30. The van der Waals surface area contributed by atoms with Gasteiger partial charge in [0.15, 0.2) is 0 Å². The molecule has 0 unspecified atom stereocenters. The van der Waals surface area contributed by atoms with Gasteiger partial charge in [-0.25, -0.2) is 0 Å². The lowest BCUT2D eigenvalue weighted by atomic mass is 9.99. The van der Waals surface area contributed by atoms with Crippen molar-refractivity contribution in [2.45, 2.75) is 25.5 Å². The summed E-state index contributed by atoms with van der Waals surface area (Å²) in [6.07, 6.45) is 6.00. The number of rotatable bonds is 4. The van der Waals surface area contributed by atoms with Crippen LogP contribution >= 0.6 is 0 Å². The van der Waals surface area contributed by atoms with Crippen LogP contribution in [0.2, 0.25) is 0 Å². The van der Waals surface area contributed by atoms with Gasteiger partial charge in [-0.05, 0) is 37.0 Å². The number of ether oxygens (including phenoxy) is 1. The van der Waals surface area contributed by atoms with Gasteiger partial charge >= 0.3 is 0 Å². The maximum Gasteiger partial charge on any atom is 0.244 e. The van der Waals surface area contributed by atoms with Crippen molar-refractivity contribution in [2.24, 2.45) is 11.8 Å². The van der Waals surface area contributed by atoms with Crippen LogP contribution in [0.15, 0.2) is 48.8 Å². The first kappa shape index (κ1) is 14.3. The summed E-state index contributed by atoms with van der Waals surface area (Å²) in [7, 11) is 0. The number of carbonyl (C=O) groups excluding carboxylic acids is 1. The summed E-state index contributed by atoms with van der Waals surface area (Å²) in [5, 5.41) is 4.12. The molecule has 2 heterocycles. The van der Waals surface area contributed by atoms with Gasteiger partial charge in [-0.1, -0.05) is 18.2 Å². The highest BCUT2D eigenvalue weighted by atomic mass is 16.5. The normalized spacial score (nSPS) is 26.3. The van der Waals surface area contributed by atoms with Crippen LogP contribution in [0, 0.1) is 11.8 Å². The molecule has 0 bridgehead atoms. The molecule has 1 saturated carbocycles. The van der Waals surface area contributed by atoms with Crippen molar-refractivity contribution >= 4 is 5.91 Å². The fourth-order valence-electron chi connectivity index (χ4n) is 3.87. The Bertz CT molecular complexity index is 656. The van der Waals surface area contributed by atoms with Crippen LogP contribution in [-0.4, -0.2) is 39.8 Å². The topological polar surface area (TPSA) is 47.4 Å². The molecule has 0 spiro atoms. The van der Waals surface area contributed by atoms with Crippen LogP contribution in [-0.2, 0) is 11.3 Å². The smallest absolute Gasteiger partial charge is 0.244 e. The maximum absolute atomic E-state index is 12.4. The Balaban J connectivity index is 1.38. The van der Waals surface area contributed by atoms with Crippen molar-refractivity contribution in [3.05, 3.63) is 48.8 Å². The fraction of sp³-hybridized carbons (Fsp3) is 0.444. The van der Waals surface area contributed by atoms with Crippen molar-refractivity contribution in [1.82, 2.24) is 14.7 Å². The monoisotopic (exact) mass is 311 g/mol. The largest absolute Gasteiger partial charge is 0.490 e. The summed E-state index contributed by atoms with van der Waals surface area (Å²) in [5.41, 5.74) is 0. The number of likely N-dealkylation sites (tertiary alicyclic amines) is 1. The summed E-state index contributed by atoms with van der Waals surface area (Å²) in [6, 6.07) is 11.8. The SMILES string of the molecule is O=C(Cn1cccn1)N1C[C@@H]2CC[C@H](Oc3ccccc3)[C@@H]2C1. The molecule has 1 aliphatic carbocycles. The lowest BCUT2D eigenvalue weighted by Gasteiger charge is -2.22. The number of aromatic nitrogens is 2. The first-order valence-electron chi connectivity index (χ1n) is 8.26. The molecule has 4 rings (SSSR count). The molecule has 2 fully saturated rings. The first-order chi connectivity index (χ1) is 11.3. The van der Waals surface area contributed by atoms with Gasteiger partial charge in [-0.2, -0.15) is 5.10 Å². The van der Waals surface area contributed by atoms with Crippen LogP contribution in [0.4, 0.5) is 0 Å². The Morgan fingerprint density at radius 1 is 1.17 bits per heavy atom. The van der Waals surface area contributed by atoms with E-state index < -0.39 is 0 Å². The zero-order valence-electron chi connectivity index (χ0n) is 13.0. The fourth-order valence-corrected chi connectivity index (χ4v) is 3.87. The minimum atomic E-state index is 0.154. The number of benzene rings is 1. The van der Waals surface area contributed by atoms with Crippen molar-refractivity contribution in [2.75, 3.05) is 13.1 Å². The molecule has 0 N–H and O–H groups in total. The van der Waals surface area contributed by atoms with Gasteiger partial charge in [0.05, 0.1) is 0 Å². The highest BCUT2D eigenvalue weighted by molar-refractivity contribution is 5.76. The van der Waals surface area contributed by atoms with Gasteiger partial charge in [-0.15, -0.1) is 0 Å². The average molecular weight is 311 g/mol. The average Bonchev–Trinajstić information content (AvgIpc) is 3.27. The molecule has 1 saturated heterocycles. The molecular weight excluding hydrogens is 290 g/mol. The first-order valence-corrected chi connectivity index (χ1v) is 8.26. The lowest BCUT2D eigenvalue weighted by molar-refractivity contribution is -0.131. The summed E-state index contributed by atoms with van der Waals surface area (Å²) < 4.78 is 7.86. The van der Waals surface area contributed by atoms with E-state index >= 15 is 0 Å². The molecular formula is C18H21N3O2. The molecule has 0 radical (unpaired) electrons. The number of amides is 1. The molecule has 3 atom stereocenters. The van der Waals surface area contributed by atoms with Crippen molar-refractivity contribution in [1.29, 1.82) is 0 Å². The number of fused-ring (bicyclic) bond motifs is 1. The molecule has 1 amide bonds. The molecule has 2 aromatic rings. The van der Waals surface area contributed by atoms with E-state index in [1.54, 1.807) is 10.9 Å². The van der Waals surface area contributed by atoms with E-state index in [4.69, 9.17) is 4.74 Å². The zero-order valence-corrected chi connectivity index (χ0v) is 13.0. The summed E-state index contributed by atoms with van der Waals surface area (Å²) in [5.74, 6) is 2.11. The van der Waals surface area contributed by atoms with Gasteiger partial charge in [0.1, 0.15) is 18.4 Å². The summed E-state index contributed by atoms with van der Waals surface area (Å²) >= 11 is 0. The highest BCUT2D eigenvalue weighted by Crippen LogP contribution is 2.40. The van der Waals surface area contributed by atoms with E-state index in [1.807, 2.05) is 47.5 Å². The standard InChI is InChI=1S/C18H21N3O2/c22-18(13-21-10-4-9-19-21)20-11-14-7-8-17(16(14)12-20)23-15-5-2-1-3-6-15/h1-6,9-10,14,16-17H,7-8,11-13H2/t14-,16+,17-/m0/s1. The number of nitrogens with zero attached hydrogens (tertiary/aromatic N) is 3. The van der Waals surface area contributed by atoms with E-state index in [-0.39, 0.29) is 12.0 Å². The number of para-hydroxylation sites is 1. The van der Waals surface area contributed by atoms with E-state index in [0.29, 0.717) is 18.4 Å². The van der Waals surface area contributed by atoms with Crippen LogP contribution in [0.3, 0.4) is 0 Å². The predicted octanol–water partition coefficient (Wildman–Crippen LogP) is 2.20. The van der Waals surface area contributed by atoms with Gasteiger partial charge in [0, 0.05) is 31.4 Å². The van der Waals surface area contributed by atoms with E-state index in [0.717, 1.165) is 31.7 Å². The molecule has 120 valence electrons. The summed E-state index contributed by atoms with van der Waals surface area (Å²) in [6.45, 7) is 2.00. The second-order valence-corrected chi connectivity index (χ2v) is 6.47. The van der Waals surface area contributed by atoms with E-state index in [1.165, 1.54) is 0 Å². The van der Waals surface area contributed by atoms with Gasteiger partial charge < -0.3 is 9.64 Å². The lowest BCUT2D eigenvalue weighted by Crippen LogP contribution is -2.34. The van der Waals surface area contributed by atoms with Gasteiger partial charge in [0.25, 0.3) is 0 Å². The van der Waals surface area contributed by atoms with Gasteiger partial charge in [0.2, 0.25) is 5.91 Å². The number of hydrogen-bond acceptors (Lipinski definition) is 3. The van der Waals surface area contributed by atoms with Crippen molar-refractivity contribution in [3.8, 4) is 5.75 Å². The van der Waals surface area contributed by atoms with Crippen LogP contribution < -0.4 is 4.74 Å². The molecule has 1 aromatic carbocycles. The van der Waals surface area contributed by atoms with Crippen LogP contribution in [0.25, 0.3) is 0 Å². The Morgan fingerprint density at radius 3 is 2.83 bits per heavy atom. The quantitative estimate of drug-likeness (QED) is 0.869. The molecule has 1 aliphatic heterocycles. The molecule has 23 heavy (non-hydrogen) atoms. The van der Waals surface area contributed by atoms with Crippen LogP contribution in [0.1, 0.15) is 12.8 Å². The minimum absolute atomic E-state index is 0.154. The maximum atomic E-state index is 12.4. The third kappa shape index (κ3) is 2.96. The molecule has 2 aliphatic rings. The molecule has 5 nitrogen and oxygen atoms in total. The second kappa shape index (κ2) is 6.07. The highest BCUT2D eigenvalue weighted by Gasteiger charge is 2.45. The van der Waals surface area contributed by atoms with Gasteiger partial charge in [-0.3, -0.25) is 9.48 Å². The van der Waals surface area contributed by atoms with E-state index in [2.05, 4.69) is 5.10 Å². The van der Waals surface area contributed by atoms with Crippen molar-refractivity contribution in [3.63, 3.8) is 0 Å². The predicted molar refractivity (Wildman–Crippen MR) is 85.9 cm³/mol. The minimum Gasteiger partial charge on any atom is -0.490 e. The molecule has 1 aromatic heterocycles. The second-order valence-electron chi connectivity index (χ2n) is 6.47. The Labute approximate surface area is 135 Å². The van der Waals surface area contributed by atoms with E-state index in [9.17, 15) is 4.79 Å². The molecule has 5 heteroatoms. The third-order valence-corrected chi connectivity index (χ3v) is 5.03. The zero-order chi connectivity index (χ0) is 15.6. The number of hydrogen-bond donors (Lipinski definition) is 0. The van der Waals surface area contributed by atoms with Crippen molar-refractivity contribution < 1.29 is 9.53 Å². The number of carbonyl (C=O) groups is 1. The summed E-state index contributed by atoms with van der Waals surface area (Å²) in [4.78, 5) is 14.4. The Morgan fingerprint density at radius 2 is 2.04 bits per heavy atom. The van der Waals surface area contributed by atoms with Crippen LogP contribution in [0.5, 0.6) is 5.75 Å². The Kier molecular flexibility index (Phi) is 3.77. The third-order valence-electron chi connectivity index (χ3n) is 5.03.